The van der Waals surface area contributed by atoms with Crippen molar-refractivity contribution in [3.63, 3.8) is 0 Å². The van der Waals surface area contributed by atoms with Crippen molar-refractivity contribution in [2.75, 3.05) is 0 Å². The first-order chi connectivity index (χ1) is 41.1. The molecule has 12 aromatic carbocycles. The van der Waals surface area contributed by atoms with Gasteiger partial charge in [0.2, 0.25) is 0 Å². The molecular weight excluding hydrogens is 1010 g/mol. The molecular formula is C78H48N4O. The molecule has 5 heteroatoms. The van der Waals surface area contributed by atoms with Crippen LogP contribution in [0.4, 0.5) is 0 Å². The molecule has 16 aromatic rings. The van der Waals surface area contributed by atoms with Crippen LogP contribution in [0.3, 0.4) is 0 Å². The number of rotatable bonds is 6. The Hall–Kier alpha value is -10.9. The van der Waals surface area contributed by atoms with Gasteiger partial charge in [0, 0.05) is 60.4 Å². The molecule has 0 bridgehead atoms. The maximum atomic E-state index is 7.32. The summed E-state index contributed by atoms with van der Waals surface area (Å²) in [5, 5.41) is 6.88. The summed E-state index contributed by atoms with van der Waals surface area (Å²) in [6, 6.07) is 99.5. The van der Waals surface area contributed by atoms with Crippen molar-refractivity contribution in [3.8, 4) is 78.7 Å². The second-order valence-corrected chi connectivity index (χ2v) is 22.2. The lowest BCUT2D eigenvalue weighted by molar-refractivity contribution is 0.669. The highest BCUT2D eigenvalue weighted by Gasteiger charge is 2.54. The van der Waals surface area contributed by atoms with Crippen LogP contribution in [-0.2, 0) is 5.41 Å². The first kappa shape index (κ1) is 45.9. The van der Waals surface area contributed by atoms with Gasteiger partial charge in [0.05, 0.1) is 49.9 Å². The zero-order valence-electron chi connectivity index (χ0n) is 45.2. The molecule has 4 aromatic heterocycles. The SMILES string of the molecule is Cc1c(-c2ccccc2)nc(-c2ccc(-c3ccccc3)cc2)nc1-c1ccc(-n2c3ccccc3c3c4c(c5c(c6ccccc6n5-c5ccccc5)c32)-c2ccccc2C42c3ccccc3-c3ccccc32)c2c1oc1ccccc12. The van der Waals surface area contributed by atoms with Gasteiger partial charge in [0.25, 0.3) is 0 Å². The molecule has 18 rings (SSSR count). The van der Waals surface area contributed by atoms with Crippen LogP contribution in [0, 0.1) is 6.92 Å². The van der Waals surface area contributed by atoms with Crippen molar-refractivity contribution in [1.82, 2.24) is 19.1 Å². The molecule has 0 saturated heterocycles. The average molecular weight is 1060 g/mol. The van der Waals surface area contributed by atoms with Gasteiger partial charge in [-0.1, -0.05) is 231 Å². The van der Waals surface area contributed by atoms with Gasteiger partial charge in [-0.15, -0.1) is 0 Å². The van der Waals surface area contributed by atoms with Gasteiger partial charge < -0.3 is 13.6 Å². The Balaban J connectivity index is 1.00. The minimum Gasteiger partial charge on any atom is -0.455 e. The van der Waals surface area contributed by atoms with Crippen LogP contribution in [-0.4, -0.2) is 19.1 Å². The van der Waals surface area contributed by atoms with Crippen LogP contribution in [0.1, 0.15) is 27.8 Å². The predicted octanol–water partition coefficient (Wildman–Crippen LogP) is 19.9. The van der Waals surface area contributed by atoms with E-state index in [2.05, 4.69) is 289 Å². The van der Waals surface area contributed by atoms with E-state index in [1.54, 1.807) is 0 Å². The third-order valence-electron chi connectivity index (χ3n) is 18.1. The first-order valence-corrected chi connectivity index (χ1v) is 28.6. The summed E-state index contributed by atoms with van der Waals surface area (Å²) in [7, 11) is 0. The standard InChI is InChI=1S/C78H48N4O/c1-47-72(50-25-7-3-8-26-50)79-77(51-43-41-49(42-44-51)48-23-5-2-6-24-48)80-73(47)59-45-46-65(67-58-34-16-22-40-66(58)83-76(59)67)82-64-39-21-14-32-56(64)69-71-68(74-70(75(69)82)57-33-15-20-38-63(57)81(74)52-27-9-4-10-28-52)55-31-13-19-37-62(55)78(71)60-35-17-11-29-53(60)54-30-12-18-36-61(54)78/h2-46H,1H3. The Bertz CT molecular complexity index is 5330. The van der Waals surface area contributed by atoms with Gasteiger partial charge in [-0.05, 0) is 99.5 Å². The van der Waals surface area contributed by atoms with E-state index in [4.69, 9.17) is 14.4 Å². The van der Waals surface area contributed by atoms with E-state index in [1.807, 2.05) is 0 Å². The van der Waals surface area contributed by atoms with E-state index >= 15 is 0 Å². The summed E-state index contributed by atoms with van der Waals surface area (Å²) < 4.78 is 12.5. The lowest BCUT2D eigenvalue weighted by Crippen LogP contribution is -2.26. The van der Waals surface area contributed by atoms with Crippen LogP contribution in [0.25, 0.3) is 144 Å². The molecule has 386 valence electrons. The van der Waals surface area contributed by atoms with Crippen molar-refractivity contribution in [2.45, 2.75) is 12.3 Å². The van der Waals surface area contributed by atoms with Crippen LogP contribution in [0.2, 0.25) is 0 Å². The van der Waals surface area contributed by atoms with E-state index in [1.165, 1.54) is 71.6 Å². The minimum atomic E-state index is -0.652. The second-order valence-electron chi connectivity index (χ2n) is 22.2. The predicted molar refractivity (Wildman–Crippen MR) is 341 cm³/mol. The van der Waals surface area contributed by atoms with Crippen molar-refractivity contribution < 1.29 is 4.42 Å². The van der Waals surface area contributed by atoms with Gasteiger partial charge in [-0.25, -0.2) is 9.97 Å². The van der Waals surface area contributed by atoms with E-state index in [-0.39, 0.29) is 0 Å². The van der Waals surface area contributed by atoms with Crippen LogP contribution in [0.5, 0.6) is 0 Å². The van der Waals surface area contributed by atoms with Crippen molar-refractivity contribution in [1.29, 1.82) is 0 Å². The van der Waals surface area contributed by atoms with Crippen LogP contribution in [0.15, 0.2) is 277 Å². The van der Waals surface area contributed by atoms with E-state index in [0.29, 0.717) is 5.82 Å². The molecule has 0 unspecified atom stereocenters. The first-order valence-electron chi connectivity index (χ1n) is 28.6. The Morgan fingerprint density at radius 2 is 0.867 bits per heavy atom. The number of fused-ring (bicyclic) bond motifs is 22. The monoisotopic (exact) mass is 1060 g/mol. The molecule has 0 atom stereocenters. The number of furan rings is 1. The number of hydrogen-bond donors (Lipinski definition) is 0. The molecule has 0 saturated carbocycles. The Labute approximate surface area is 478 Å². The third kappa shape index (κ3) is 6.20. The number of benzene rings is 12. The average Bonchev–Trinajstić information content (AvgIpc) is 1.51. The summed E-state index contributed by atoms with van der Waals surface area (Å²) in [6.45, 7) is 2.16. The number of aromatic nitrogens is 4. The van der Waals surface area contributed by atoms with Gasteiger partial charge in [0.1, 0.15) is 11.2 Å². The normalized spacial score (nSPS) is 13.0. The van der Waals surface area contributed by atoms with Crippen molar-refractivity contribution in [2.24, 2.45) is 0 Å². The quantitative estimate of drug-likeness (QED) is 0.167. The van der Waals surface area contributed by atoms with E-state index in [9.17, 15) is 0 Å². The maximum absolute atomic E-state index is 7.32. The summed E-state index contributed by atoms with van der Waals surface area (Å²) in [4.78, 5) is 11.0. The number of nitrogens with zero attached hydrogens (tertiary/aromatic N) is 4. The Morgan fingerprint density at radius 3 is 1.55 bits per heavy atom. The van der Waals surface area contributed by atoms with E-state index < -0.39 is 5.41 Å². The molecule has 83 heavy (non-hydrogen) atoms. The fourth-order valence-corrected chi connectivity index (χ4v) is 14.8. The van der Waals surface area contributed by atoms with Crippen molar-refractivity contribution in [3.05, 3.63) is 301 Å². The minimum absolute atomic E-state index is 0.649. The van der Waals surface area contributed by atoms with Crippen LogP contribution < -0.4 is 0 Å². The lowest BCUT2D eigenvalue weighted by Gasteiger charge is -2.31. The lowest BCUT2D eigenvalue weighted by atomic mass is 9.69. The highest BCUT2D eigenvalue weighted by Crippen LogP contribution is 2.67. The summed E-state index contributed by atoms with van der Waals surface area (Å²) >= 11 is 0. The molecule has 0 amide bonds. The summed E-state index contributed by atoms with van der Waals surface area (Å²) in [5.74, 6) is 0.649. The zero-order valence-corrected chi connectivity index (χ0v) is 45.2. The largest absolute Gasteiger partial charge is 0.455 e. The van der Waals surface area contributed by atoms with E-state index in [0.717, 1.165) is 94.6 Å². The molecule has 0 fully saturated rings. The Kier molecular flexibility index (Phi) is 9.58. The molecule has 0 aliphatic heterocycles. The highest BCUT2D eigenvalue weighted by atomic mass is 16.3. The molecule has 2 aliphatic rings. The summed E-state index contributed by atoms with van der Waals surface area (Å²) in [5.41, 5.74) is 25.8. The molecule has 0 N–H and O–H groups in total. The smallest absolute Gasteiger partial charge is 0.160 e. The Morgan fingerprint density at radius 1 is 0.361 bits per heavy atom. The maximum Gasteiger partial charge on any atom is 0.160 e. The van der Waals surface area contributed by atoms with Gasteiger partial charge in [-0.3, -0.25) is 0 Å². The highest BCUT2D eigenvalue weighted by molar-refractivity contribution is 6.33. The topological polar surface area (TPSA) is 48.8 Å². The van der Waals surface area contributed by atoms with Gasteiger partial charge in [0.15, 0.2) is 5.82 Å². The summed E-state index contributed by atoms with van der Waals surface area (Å²) in [6.07, 6.45) is 0. The molecule has 1 spiro atoms. The fraction of sp³-hybridized carbons (Fsp3) is 0.0256. The van der Waals surface area contributed by atoms with Gasteiger partial charge in [-0.2, -0.15) is 0 Å². The van der Waals surface area contributed by atoms with Crippen molar-refractivity contribution >= 4 is 65.6 Å². The van der Waals surface area contributed by atoms with Gasteiger partial charge >= 0.3 is 0 Å². The molecule has 4 heterocycles. The number of hydrogen-bond acceptors (Lipinski definition) is 3. The molecule has 2 aliphatic carbocycles. The molecule has 5 nitrogen and oxygen atoms in total. The third-order valence-corrected chi connectivity index (χ3v) is 18.1. The zero-order chi connectivity index (χ0) is 54.5. The fourth-order valence-electron chi connectivity index (χ4n) is 14.8. The molecule has 0 radical (unpaired) electrons. The number of para-hydroxylation sites is 4. The van der Waals surface area contributed by atoms with Crippen LogP contribution >= 0.6 is 0 Å². The second kappa shape index (κ2) is 17.3.